The molecule has 0 atom stereocenters. The van der Waals surface area contributed by atoms with E-state index in [0.717, 1.165) is 17.7 Å². The first-order valence-electron chi connectivity index (χ1n) is 9.75. The smallest absolute Gasteiger partial charge is 0.257 e. The van der Waals surface area contributed by atoms with E-state index in [0.29, 0.717) is 28.8 Å². The molecule has 0 bridgehead atoms. The molecule has 0 aromatic heterocycles. The number of benzene rings is 2. The average molecular weight is 453 g/mol. The van der Waals surface area contributed by atoms with Crippen LogP contribution in [0.25, 0.3) is 0 Å². The maximum absolute atomic E-state index is 12.3. The van der Waals surface area contributed by atoms with Gasteiger partial charge in [-0.3, -0.25) is 10.1 Å². The zero-order valence-corrected chi connectivity index (χ0v) is 18.8. The summed E-state index contributed by atoms with van der Waals surface area (Å²) in [6, 6.07) is 12.3. The number of nitrogens with one attached hydrogen (secondary N) is 2. The Balaban J connectivity index is 1.74. The van der Waals surface area contributed by atoms with Crippen LogP contribution in [-0.4, -0.2) is 17.6 Å². The summed E-state index contributed by atoms with van der Waals surface area (Å²) in [5.41, 5.74) is 1.35. The highest BCUT2D eigenvalue weighted by atomic mass is 35.5. The average Bonchev–Trinajstić information content (AvgIpc) is 2.70. The Hall–Kier alpha value is -1.82. The second-order valence-corrected chi connectivity index (χ2v) is 7.91. The number of hydrogen-bond donors (Lipinski definition) is 2. The third-order valence-electron chi connectivity index (χ3n) is 4.31. The van der Waals surface area contributed by atoms with Crippen molar-refractivity contribution in [2.45, 2.75) is 45.6 Å². The van der Waals surface area contributed by atoms with Gasteiger partial charge < -0.3 is 10.1 Å². The van der Waals surface area contributed by atoms with Crippen molar-refractivity contribution in [3.8, 4) is 5.75 Å². The number of ether oxygens (including phenoxy) is 1. The summed E-state index contributed by atoms with van der Waals surface area (Å²) in [4.78, 5) is 12.3. The van der Waals surface area contributed by atoms with E-state index in [1.165, 1.54) is 25.7 Å². The molecule has 1 amide bonds. The molecule has 0 saturated heterocycles. The van der Waals surface area contributed by atoms with Crippen molar-refractivity contribution < 1.29 is 9.53 Å². The van der Waals surface area contributed by atoms with Gasteiger partial charge in [-0.25, -0.2) is 0 Å². The number of thiocarbonyl (C=S) groups is 1. The highest BCUT2D eigenvalue weighted by molar-refractivity contribution is 7.80. The number of amides is 1. The molecule has 7 heteroatoms. The fourth-order valence-electron chi connectivity index (χ4n) is 2.66. The first kappa shape index (κ1) is 23.5. The third kappa shape index (κ3) is 8.60. The van der Waals surface area contributed by atoms with E-state index in [2.05, 4.69) is 17.6 Å². The zero-order chi connectivity index (χ0) is 21.1. The number of unbranched alkanes of at least 4 members (excludes halogenated alkanes) is 4. The van der Waals surface area contributed by atoms with Crippen molar-refractivity contribution >= 4 is 46.4 Å². The van der Waals surface area contributed by atoms with Crippen LogP contribution in [0.5, 0.6) is 5.75 Å². The van der Waals surface area contributed by atoms with E-state index in [9.17, 15) is 4.79 Å². The fraction of sp³-hybridized carbons (Fsp3) is 0.364. The molecular weight excluding hydrogens is 427 g/mol. The van der Waals surface area contributed by atoms with Crippen LogP contribution in [0.1, 0.15) is 54.9 Å². The van der Waals surface area contributed by atoms with E-state index >= 15 is 0 Å². The van der Waals surface area contributed by atoms with Gasteiger partial charge in [0.1, 0.15) is 5.75 Å². The summed E-state index contributed by atoms with van der Waals surface area (Å²) >= 11 is 17.2. The lowest BCUT2D eigenvalue weighted by Crippen LogP contribution is -2.38. The zero-order valence-electron chi connectivity index (χ0n) is 16.5. The molecule has 0 aliphatic carbocycles. The summed E-state index contributed by atoms with van der Waals surface area (Å²) in [5, 5.41) is 6.97. The van der Waals surface area contributed by atoms with Gasteiger partial charge in [-0.05, 0) is 60.6 Å². The Morgan fingerprint density at radius 1 is 1.03 bits per heavy atom. The highest BCUT2D eigenvalue weighted by Crippen LogP contribution is 2.20. The second-order valence-electron chi connectivity index (χ2n) is 6.66. The molecule has 156 valence electrons. The van der Waals surface area contributed by atoms with E-state index in [1.807, 2.05) is 6.07 Å². The first-order valence-corrected chi connectivity index (χ1v) is 10.9. The lowest BCUT2D eigenvalue weighted by atomic mass is 10.2. The monoisotopic (exact) mass is 452 g/mol. The predicted octanol–water partition coefficient (Wildman–Crippen LogP) is 6.15. The summed E-state index contributed by atoms with van der Waals surface area (Å²) in [7, 11) is 0. The van der Waals surface area contributed by atoms with Crippen LogP contribution in [0.4, 0.5) is 0 Å². The van der Waals surface area contributed by atoms with Crippen LogP contribution in [0.15, 0.2) is 42.5 Å². The van der Waals surface area contributed by atoms with Crippen LogP contribution in [0.2, 0.25) is 10.0 Å². The summed E-state index contributed by atoms with van der Waals surface area (Å²) in [6.07, 6.45) is 5.97. The minimum absolute atomic E-state index is 0.230. The molecule has 29 heavy (non-hydrogen) atoms. The summed E-state index contributed by atoms with van der Waals surface area (Å²) in [5.74, 6) is 0.478. The Bertz CT molecular complexity index is 813. The van der Waals surface area contributed by atoms with E-state index in [-0.39, 0.29) is 11.0 Å². The number of carbonyl (C=O) groups is 1. The maximum atomic E-state index is 12.3. The van der Waals surface area contributed by atoms with E-state index in [4.69, 9.17) is 40.2 Å². The number of hydrogen-bond acceptors (Lipinski definition) is 3. The molecule has 0 saturated carbocycles. The van der Waals surface area contributed by atoms with Crippen molar-refractivity contribution in [3.05, 3.63) is 63.6 Å². The largest absolute Gasteiger partial charge is 0.494 e. The Morgan fingerprint density at radius 3 is 2.45 bits per heavy atom. The molecule has 2 N–H and O–H groups in total. The second kappa shape index (κ2) is 12.7. The molecule has 0 aliphatic rings. The van der Waals surface area contributed by atoms with Gasteiger partial charge in [-0.2, -0.15) is 0 Å². The van der Waals surface area contributed by atoms with Crippen LogP contribution >= 0.6 is 35.4 Å². The Morgan fingerprint density at radius 2 is 1.76 bits per heavy atom. The molecule has 2 aromatic rings. The fourth-order valence-corrected chi connectivity index (χ4v) is 3.30. The number of halogens is 2. The maximum Gasteiger partial charge on any atom is 0.257 e. The van der Waals surface area contributed by atoms with Crippen LogP contribution in [0, 0.1) is 0 Å². The Labute approximate surface area is 187 Å². The van der Waals surface area contributed by atoms with Gasteiger partial charge in [-0.15, -0.1) is 0 Å². The van der Waals surface area contributed by atoms with Crippen LogP contribution in [-0.2, 0) is 6.54 Å². The van der Waals surface area contributed by atoms with Gasteiger partial charge >= 0.3 is 0 Å². The van der Waals surface area contributed by atoms with Gasteiger partial charge in [-0.1, -0.05) is 61.9 Å². The van der Waals surface area contributed by atoms with Gasteiger partial charge in [0.05, 0.1) is 6.61 Å². The standard InChI is InChI=1S/C22H26Cl2N2O2S/c1-2-3-4-5-6-13-28-19-11-8-16(9-12-19)21(27)26-22(29)25-15-17-7-10-18(23)14-20(17)24/h7-12,14H,2-6,13,15H2,1H3,(H2,25,26,27,29). The first-order chi connectivity index (χ1) is 14.0. The van der Waals surface area contributed by atoms with E-state index < -0.39 is 0 Å². The van der Waals surface area contributed by atoms with Crippen molar-refractivity contribution in [2.75, 3.05) is 6.61 Å². The van der Waals surface area contributed by atoms with Gasteiger partial charge in [0.25, 0.3) is 5.91 Å². The SMILES string of the molecule is CCCCCCCOc1ccc(C(=O)NC(=S)NCc2ccc(Cl)cc2Cl)cc1. The molecule has 4 nitrogen and oxygen atoms in total. The molecular formula is C22H26Cl2N2O2S. The normalized spacial score (nSPS) is 10.4. The molecule has 0 spiro atoms. The number of rotatable bonds is 10. The minimum atomic E-state index is -0.282. The summed E-state index contributed by atoms with van der Waals surface area (Å²) in [6.45, 7) is 3.28. The highest BCUT2D eigenvalue weighted by Gasteiger charge is 2.09. The van der Waals surface area contributed by atoms with Crippen molar-refractivity contribution in [3.63, 3.8) is 0 Å². The van der Waals surface area contributed by atoms with Gasteiger partial charge in [0.2, 0.25) is 0 Å². The van der Waals surface area contributed by atoms with E-state index in [1.54, 1.807) is 36.4 Å². The number of carbonyl (C=O) groups excluding carboxylic acids is 1. The summed E-state index contributed by atoms with van der Waals surface area (Å²) < 4.78 is 5.72. The lowest BCUT2D eigenvalue weighted by Gasteiger charge is -2.11. The Kier molecular flexibility index (Phi) is 10.3. The van der Waals surface area contributed by atoms with Crippen molar-refractivity contribution in [1.29, 1.82) is 0 Å². The van der Waals surface area contributed by atoms with Crippen LogP contribution in [0.3, 0.4) is 0 Å². The quantitative estimate of drug-likeness (QED) is 0.335. The molecule has 2 rings (SSSR count). The predicted molar refractivity (Wildman–Crippen MR) is 124 cm³/mol. The van der Waals surface area contributed by atoms with Crippen molar-refractivity contribution in [2.24, 2.45) is 0 Å². The van der Waals surface area contributed by atoms with Gasteiger partial charge in [0, 0.05) is 22.2 Å². The lowest BCUT2D eigenvalue weighted by molar-refractivity contribution is 0.0976. The third-order valence-corrected chi connectivity index (χ3v) is 5.15. The van der Waals surface area contributed by atoms with Crippen LogP contribution < -0.4 is 15.4 Å². The molecule has 0 heterocycles. The van der Waals surface area contributed by atoms with Crippen molar-refractivity contribution in [1.82, 2.24) is 10.6 Å². The molecule has 0 unspecified atom stereocenters. The molecule has 0 radical (unpaired) electrons. The molecule has 2 aromatic carbocycles. The minimum Gasteiger partial charge on any atom is -0.494 e. The molecule has 0 aliphatic heterocycles. The van der Waals surface area contributed by atoms with Gasteiger partial charge in [0.15, 0.2) is 5.11 Å². The molecule has 0 fully saturated rings. The topological polar surface area (TPSA) is 50.4 Å².